The Kier molecular flexibility index (Phi) is 8.25. The minimum atomic E-state index is -0.125. The van der Waals surface area contributed by atoms with Crippen molar-refractivity contribution in [2.24, 2.45) is 0 Å². The molecule has 168 valence electrons. The normalized spacial score (nSPS) is 14.4. The van der Waals surface area contributed by atoms with Gasteiger partial charge in [-0.15, -0.1) is 12.4 Å². The molecule has 0 radical (unpaired) electrons. The predicted octanol–water partition coefficient (Wildman–Crippen LogP) is 3.31. The molecule has 8 nitrogen and oxygen atoms in total. The molecule has 31 heavy (non-hydrogen) atoms. The van der Waals surface area contributed by atoms with Gasteiger partial charge in [0.15, 0.2) is 10.8 Å². The average molecular weight is 466 g/mol. The molecule has 4 rings (SSSR count). The lowest BCUT2D eigenvalue weighted by Gasteiger charge is -2.29. The monoisotopic (exact) mass is 465 g/mol. The number of ether oxygens (including phenoxy) is 2. The highest BCUT2D eigenvalue weighted by Gasteiger charge is 2.24. The number of carbonyl (C=O) groups is 1. The number of fused-ring (bicyclic) bond motifs is 1. The minimum Gasteiger partial charge on any atom is -0.494 e. The standard InChI is InChI=1S/C21H27N5O3S.ClH/c1-3-25-8-7-18(23-25)20(27)26(10-9-24-11-13-28-14-12-24)21-22-17-6-5-16(29-4-2)15-19(17)30-21;/h5-8,15H,3-4,9-14H2,1-2H3;1H. The third-order valence-corrected chi connectivity index (χ3v) is 6.10. The van der Waals surface area contributed by atoms with Crippen LogP contribution in [0.1, 0.15) is 24.3 Å². The van der Waals surface area contributed by atoms with E-state index in [1.54, 1.807) is 15.6 Å². The zero-order valence-electron chi connectivity index (χ0n) is 17.8. The number of aromatic nitrogens is 3. The fourth-order valence-electron chi connectivity index (χ4n) is 3.41. The molecule has 0 aliphatic carbocycles. The summed E-state index contributed by atoms with van der Waals surface area (Å²) in [5.41, 5.74) is 1.30. The van der Waals surface area contributed by atoms with E-state index in [0.717, 1.165) is 55.4 Å². The fraction of sp³-hybridized carbons (Fsp3) is 0.476. The Morgan fingerprint density at radius 2 is 2.06 bits per heavy atom. The lowest BCUT2D eigenvalue weighted by molar-refractivity contribution is 0.0391. The minimum absolute atomic E-state index is 0. The number of amides is 1. The van der Waals surface area contributed by atoms with Crippen LogP contribution in [0.4, 0.5) is 5.13 Å². The Labute approximate surface area is 192 Å². The Morgan fingerprint density at radius 1 is 1.26 bits per heavy atom. The molecular formula is C21H28ClN5O3S. The number of morpholine rings is 1. The number of hydrogen-bond acceptors (Lipinski definition) is 7. The third-order valence-electron chi connectivity index (χ3n) is 5.06. The Hall–Kier alpha value is -2.20. The largest absolute Gasteiger partial charge is 0.494 e. The van der Waals surface area contributed by atoms with Crippen LogP contribution in [0.15, 0.2) is 30.5 Å². The van der Waals surface area contributed by atoms with Crippen molar-refractivity contribution in [3.8, 4) is 5.75 Å². The molecule has 0 atom stereocenters. The maximum Gasteiger partial charge on any atom is 0.280 e. The maximum atomic E-state index is 13.3. The average Bonchev–Trinajstić information content (AvgIpc) is 3.41. The van der Waals surface area contributed by atoms with Gasteiger partial charge in [0.2, 0.25) is 0 Å². The summed E-state index contributed by atoms with van der Waals surface area (Å²) in [5.74, 6) is 0.688. The molecule has 1 fully saturated rings. The molecule has 0 unspecified atom stereocenters. The number of rotatable bonds is 8. The van der Waals surface area contributed by atoms with Crippen molar-refractivity contribution in [1.82, 2.24) is 19.7 Å². The molecule has 2 aromatic heterocycles. The van der Waals surface area contributed by atoms with E-state index in [1.807, 2.05) is 38.2 Å². The van der Waals surface area contributed by atoms with Gasteiger partial charge in [-0.2, -0.15) is 5.10 Å². The highest BCUT2D eigenvalue weighted by Crippen LogP contribution is 2.32. The van der Waals surface area contributed by atoms with Crippen molar-refractivity contribution in [3.05, 3.63) is 36.2 Å². The topological polar surface area (TPSA) is 72.7 Å². The smallest absolute Gasteiger partial charge is 0.280 e. The van der Waals surface area contributed by atoms with Crippen LogP contribution in [0, 0.1) is 0 Å². The molecule has 10 heteroatoms. The Balaban J connectivity index is 0.00000272. The van der Waals surface area contributed by atoms with Crippen LogP contribution in [0.5, 0.6) is 5.75 Å². The van der Waals surface area contributed by atoms with Crippen molar-refractivity contribution < 1.29 is 14.3 Å². The number of hydrogen-bond donors (Lipinski definition) is 0. The highest BCUT2D eigenvalue weighted by molar-refractivity contribution is 7.22. The first-order chi connectivity index (χ1) is 14.7. The summed E-state index contributed by atoms with van der Waals surface area (Å²) < 4.78 is 13.8. The SMILES string of the molecule is CCOc1ccc2nc(N(CCN3CCOCC3)C(=O)c3ccn(CC)n3)sc2c1.Cl. The zero-order valence-corrected chi connectivity index (χ0v) is 19.5. The molecule has 1 saturated heterocycles. The van der Waals surface area contributed by atoms with Crippen LogP contribution in [0.2, 0.25) is 0 Å². The fourth-order valence-corrected chi connectivity index (χ4v) is 4.42. The van der Waals surface area contributed by atoms with Crippen molar-refractivity contribution in [1.29, 1.82) is 0 Å². The van der Waals surface area contributed by atoms with Crippen molar-refractivity contribution >= 4 is 45.0 Å². The lowest BCUT2D eigenvalue weighted by Crippen LogP contribution is -2.43. The van der Waals surface area contributed by atoms with Gasteiger partial charge in [0.25, 0.3) is 5.91 Å². The number of nitrogens with zero attached hydrogens (tertiary/aromatic N) is 5. The van der Waals surface area contributed by atoms with Gasteiger partial charge < -0.3 is 9.47 Å². The van der Waals surface area contributed by atoms with E-state index in [4.69, 9.17) is 14.5 Å². The van der Waals surface area contributed by atoms with Gasteiger partial charge in [0, 0.05) is 38.9 Å². The Morgan fingerprint density at radius 3 is 2.77 bits per heavy atom. The molecule has 0 bridgehead atoms. The van der Waals surface area contributed by atoms with Gasteiger partial charge in [-0.25, -0.2) is 4.98 Å². The van der Waals surface area contributed by atoms with Gasteiger partial charge >= 0.3 is 0 Å². The first-order valence-corrected chi connectivity index (χ1v) is 11.2. The summed E-state index contributed by atoms with van der Waals surface area (Å²) in [6, 6.07) is 7.61. The van der Waals surface area contributed by atoms with E-state index in [1.165, 1.54) is 11.3 Å². The van der Waals surface area contributed by atoms with Crippen LogP contribution in [0.3, 0.4) is 0 Å². The Bertz CT molecular complexity index is 1000. The molecule has 1 aromatic carbocycles. The van der Waals surface area contributed by atoms with E-state index in [0.29, 0.717) is 24.0 Å². The second kappa shape index (κ2) is 10.9. The molecule has 0 N–H and O–H groups in total. The molecular weight excluding hydrogens is 438 g/mol. The van der Waals surface area contributed by atoms with Gasteiger partial charge in [-0.05, 0) is 38.1 Å². The second-order valence-electron chi connectivity index (χ2n) is 7.03. The summed E-state index contributed by atoms with van der Waals surface area (Å²) in [6.45, 7) is 9.84. The maximum absolute atomic E-state index is 13.3. The van der Waals surface area contributed by atoms with Crippen LogP contribution in [0.25, 0.3) is 10.2 Å². The number of anilines is 1. The summed E-state index contributed by atoms with van der Waals surface area (Å²) in [7, 11) is 0. The summed E-state index contributed by atoms with van der Waals surface area (Å²) in [4.78, 5) is 22.2. The molecule has 0 saturated carbocycles. The van der Waals surface area contributed by atoms with Crippen molar-refractivity contribution in [3.63, 3.8) is 0 Å². The van der Waals surface area contributed by atoms with E-state index in [-0.39, 0.29) is 18.3 Å². The van der Waals surface area contributed by atoms with Gasteiger partial charge in [0.05, 0.1) is 30.0 Å². The predicted molar refractivity (Wildman–Crippen MR) is 125 cm³/mol. The molecule has 3 aromatic rings. The van der Waals surface area contributed by atoms with Crippen LogP contribution in [-0.2, 0) is 11.3 Å². The van der Waals surface area contributed by atoms with Gasteiger partial charge in [-0.3, -0.25) is 19.3 Å². The van der Waals surface area contributed by atoms with E-state index < -0.39 is 0 Å². The van der Waals surface area contributed by atoms with E-state index in [9.17, 15) is 4.79 Å². The van der Waals surface area contributed by atoms with Crippen LogP contribution in [-0.4, -0.2) is 71.6 Å². The van der Waals surface area contributed by atoms with Crippen molar-refractivity contribution in [2.75, 3.05) is 50.9 Å². The first kappa shape index (κ1) is 23.5. The number of thiazole rings is 1. The molecule has 1 amide bonds. The molecule has 0 spiro atoms. The number of carbonyl (C=O) groups excluding carboxylic acids is 1. The molecule has 1 aliphatic heterocycles. The summed E-state index contributed by atoms with van der Waals surface area (Å²) in [5, 5.41) is 5.09. The quantitative estimate of drug-likeness (QED) is 0.508. The summed E-state index contributed by atoms with van der Waals surface area (Å²) in [6.07, 6.45) is 1.83. The van der Waals surface area contributed by atoms with Crippen LogP contribution < -0.4 is 9.64 Å². The van der Waals surface area contributed by atoms with Crippen LogP contribution >= 0.6 is 23.7 Å². The molecule has 1 aliphatic rings. The number of aryl methyl sites for hydroxylation is 1. The molecule has 3 heterocycles. The van der Waals surface area contributed by atoms with Gasteiger partial charge in [0.1, 0.15) is 5.75 Å². The second-order valence-corrected chi connectivity index (χ2v) is 8.04. The zero-order chi connectivity index (χ0) is 20.9. The lowest BCUT2D eigenvalue weighted by atomic mass is 10.3. The summed E-state index contributed by atoms with van der Waals surface area (Å²) >= 11 is 1.50. The number of benzene rings is 1. The first-order valence-electron chi connectivity index (χ1n) is 10.4. The number of halogens is 1. The van der Waals surface area contributed by atoms with Crippen molar-refractivity contribution in [2.45, 2.75) is 20.4 Å². The third kappa shape index (κ3) is 5.54. The van der Waals surface area contributed by atoms with Gasteiger partial charge in [-0.1, -0.05) is 11.3 Å². The van der Waals surface area contributed by atoms with E-state index >= 15 is 0 Å². The highest BCUT2D eigenvalue weighted by atomic mass is 35.5. The van der Waals surface area contributed by atoms with E-state index in [2.05, 4.69) is 10.00 Å².